The zero-order valence-corrected chi connectivity index (χ0v) is 10.9. The normalized spacial score (nSPS) is 19.4. The van der Waals surface area contributed by atoms with Gasteiger partial charge in [-0.25, -0.2) is 9.59 Å². The first-order valence-electron chi connectivity index (χ1n) is 5.47. The Bertz CT molecular complexity index is 359. The second-order valence-corrected chi connectivity index (χ2v) is 4.84. The van der Waals surface area contributed by atoms with Crippen LogP contribution in [0, 0.1) is 0 Å². The number of rotatable bonds is 2. The SMILES string of the molecule is COC(=O)C[C@H]1C(=O)OCN1C(=O)OC(C)(C)C. The number of methoxy groups -OCH3 is 1. The number of carbonyl (C=O) groups is 3. The van der Waals surface area contributed by atoms with Gasteiger partial charge in [-0.15, -0.1) is 0 Å². The standard InChI is InChI=1S/C11H17NO6/c1-11(2,3)18-10(15)12-6-17-9(14)7(12)5-8(13)16-4/h7H,5-6H2,1-4H3/t7-/m0/s1. The molecule has 1 amide bonds. The average molecular weight is 259 g/mol. The molecule has 1 fully saturated rings. The molecule has 7 nitrogen and oxygen atoms in total. The van der Waals surface area contributed by atoms with Gasteiger partial charge in [0.2, 0.25) is 0 Å². The number of hydrogen-bond donors (Lipinski definition) is 0. The second-order valence-electron chi connectivity index (χ2n) is 4.84. The van der Waals surface area contributed by atoms with Gasteiger partial charge in [-0.2, -0.15) is 0 Å². The largest absolute Gasteiger partial charge is 0.469 e. The fraction of sp³-hybridized carbons (Fsp3) is 0.727. The predicted molar refractivity (Wildman–Crippen MR) is 59.5 cm³/mol. The molecule has 102 valence electrons. The van der Waals surface area contributed by atoms with Crippen molar-refractivity contribution in [2.45, 2.75) is 38.8 Å². The number of carbonyl (C=O) groups excluding carboxylic acids is 3. The smallest absolute Gasteiger partial charge is 0.413 e. The van der Waals surface area contributed by atoms with Crippen LogP contribution in [0.3, 0.4) is 0 Å². The minimum atomic E-state index is -0.979. The van der Waals surface area contributed by atoms with Gasteiger partial charge in [0.15, 0.2) is 6.73 Å². The lowest BCUT2D eigenvalue weighted by molar-refractivity contribution is -0.146. The Morgan fingerprint density at radius 3 is 2.56 bits per heavy atom. The van der Waals surface area contributed by atoms with Gasteiger partial charge in [0.25, 0.3) is 0 Å². The van der Waals surface area contributed by atoms with Crippen molar-refractivity contribution in [2.75, 3.05) is 13.8 Å². The molecule has 1 rings (SSSR count). The quantitative estimate of drug-likeness (QED) is 0.535. The Hall–Kier alpha value is -1.79. The second kappa shape index (κ2) is 5.24. The zero-order chi connectivity index (χ0) is 13.9. The molecule has 1 aliphatic heterocycles. The Balaban J connectivity index is 2.71. The van der Waals surface area contributed by atoms with Crippen LogP contribution in [0.15, 0.2) is 0 Å². The molecule has 1 atom stereocenters. The van der Waals surface area contributed by atoms with Crippen LogP contribution in [-0.2, 0) is 23.8 Å². The summed E-state index contributed by atoms with van der Waals surface area (Å²) in [6.07, 6.45) is -0.934. The average Bonchev–Trinajstić information content (AvgIpc) is 2.58. The molecule has 0 N–H and O–H groups in total. The maximum atomic E-state index is 11.8. The Morgan fingerprint density at radius 1 is 1.44 bits per heavy atom. The molecule has 0 aromatic rings. The van der Waals surface area contributed by atoms with Crippen LogP contribution in [0.5, 0.6) is 0 Å². The molecule has 0 aliphatic carbocycles. The van der Waals surface area contributed by atoms with Crippen LogP contribution >= 0.6 is 0 Å². The first-order chi connectivity index (χ1) is 8.24. The summed E-state index contributed by atoms with van der Waals surface area (Å²) < 4.78 is 14.3. The van der Waals surface area contributed by atoms with Crippen molar-refractivity contribution in [3.8, 4) is 0 Å². The van der Waals surface area contributed by atoms with E-state index in [9.17, 15) is 14.4 Å². The van der Waals surface area contributed by atoms with Crippen molar-refractivity contribution in [3.63, 3.8) is 0 Å². The van der Waals surface area contributed by atoms with Gasteiger partial charge in [0.05, 0.1) is 13.5 Å². The third kappa shape index (κ3) is 3.61. The van der Waals surface area contributed by atoms with Crippen molar-refractivity contribution in [3.05, 3.63) is 0 Å². The highest BCUT2D eigenvalue weighted by Gasteiger charge is 2.41. The Morgan fingerprint density at radius 2 is 2.06 bits per heavy atom. The molecule has 0 saturated carbocycles. The fourth-order valence-electron chi connectivity index (χ4n) is 1.38. The van der Waals surface area contributed by atoms with Gasteiger partial charge in [-0.1, -0.05) is 0 Å². The minimum absolute atomic E-state index is 0.213. The van der Waals surface area contributed by atoms with E-state index in [1.807, 2.05) is 0 Å². The maximum absolute atomic E-state index is 11.8. The van der Waals surface area contributed by atoms with Gasteiger partial charge < -0.3 is 14.2 Å². The first kappa shape index (κ1) is 14.3. The highest BCUT2D eigenvalue weighted by atomic mass is 16.6. The van der Waals surface area contributed by atoms with Crippen molar-refractivity contribution in [2.24, 2.45) is 0 Å². The number of hydrogen-bond acceptors (Lipinski definition) is 6. The minimum Gasteiger partial charge on any atom is -0.469 e. The molecule has 0 aromatic heterocycles. The highest BCUT2D eigenvalue weighted by Crippen LogP contribution is 2.19. The summed E-state index contributed by atoms with van der Waals surface area (Å²) in [6.45, 7) is 4.91. The van der Waals surface area contributed by atoms with E-state index < -0.39 is 29.7 Å². The van der Waals surface area contributed by atoms with E-state index in [1.165, 1.54) is 7.11 Å². The first-order valence-corrected chi connectivity index (χ1v) is 5.47. The van der Waals surface area contributed by atoms with E-state index in [-0.39, 0.29) is 13.2 Å². The molecule has 0 spiro atoms. The molecular formula is C11H17NO6. The summed E-state index contributed by atoms with van der Waals surface area (Å²) in [6, 6.07) is -0.979. The fourth-order valence-corrected chi connectivity index (χ4v) is 1.38. The van der Waals surface area contributed by atoms with Crippen molar-refractivity contribution in [1.29, 1.82) is 0 Å². The van der Waals surface area contributed by atoms with Gasteiger partial charge in [0, 0.05) is 0 Å². The summed E-state index contributed by atoms with van der Waals surface area (Å²) in [5.41, 5.74) is -0.682. The molecule has 0 aromatic carbocycles. The molecule has 18 heavy (non-hydrogen) atoms. The molecule has 1 saturated heterocycles. The Kier molecular flexibility index (Phi) is 4.15. The number of esters is 2. The van der Waals surface area contributed by atoms with E-state index in [4.69, 9.17) is 9.47 Å². The van der Waals surface area contributed by atoms with Gasteiger partial charge in [0.1, 0.15) is 11.6 Å². The number of ether oxygens (including phenoxy) is 3. The summed E-state index contributed by atoms with van der Waals surface area (Å²) in [4.78, 5) is 35.5. The summed E-state index contributed by atoms with van der Waals surface area (Å²) in [5.74, 6) is -1.22. The van der Waals surface area contributed by atoms with Crippen LogP contribution < -0.4 is 0 Å². The topological polar surface area (TPSA) is 82.1 Å². The number of amides is 1. The third-order valence-electron chi connectivity index (χ3n) is 2.21. The van der Waals surface area contributed by atoms with E-state index in [0.717, 1.165) is 4.90 Å². The van der Waals surface area contributed by atoms with Crippen LogP contribution in [0.2, 0.25) is 0 Å². The molecular weight excluding hydrogens is 242 g/mol. The summed E-state index contributed by atoms with van der Waals surface area (Å²) in [5, 5.41) is 0. The van der Waals surface area contributed by atoms with Gasteiger partial charge in [-0.05, 0) is 20.8 Å². The van der Waals surface area contributed by atoms with Crippen LogP contribution in [-0.4, -0.2) is 48.4 Å². The van der Waals surface area contributed by atoms with Crippen LogP contribution in [0.25, 0.3) is 0 Å². The maximum Gasteiger partial charge on any atom is 0.413 e. The summed E-state index contributed by atoms with van der Waals surface area (Å²) in [7, 11) is 1.21. The van der Waals surface area contributed by atoms with Gasteiger partial charge >= 0.3 is 18.0 Å². The van der Waals surface area contributed by atoms with Gasteiger partial charge in [-0.3, -0.25) is 9.69 Å². The molecule has 0 bridgehead atoms. The third-order valence-corrected chi connectivity index (χ3v) is 2.21. The van der Waals surface area contributed by atoms with Crippen molar-refractivity contribution < 1.29 is 28.6 Å². The molecule has 1 heterocycles. The van der Waals surface area contributed by atoms with E-state index >= 15 is 0 Å². The molecule has 0 unspecified atom stereocenters. The van der Waals surface area contributed by atoms with Crippen LogP contribution in [0.4, 0.5) is 4.79 Å². The molecule has 0 radical (unpaired) electrons. The number of nitrogens with zero attached hydrogens (tertiary/aromatic N) is 1. The predicted octanol–water partition coefficient (Wildman–Crippen LogP) is 0.669. The lowest BCUT2D eigenvalue weighted by Crippen LogP contribution is -2.42. The summed E-state index contributed by atoms with van der Waals surface area (Å²) >= 11 is 0. The van der Waals surface area contributed by atoms with E-state index in [2.05, 4.69) is 4.74 Å². The molecule has 7 heteroatoms. The van der Waals surface area contributed by atoms with E-state index in [1.54, 1.807) is 20.8 Å². The Labute approximate surface area is 105 Å². The molecule has 1 aliphatic rings. The highest BCUT2D eigenvalue weighted by molar-refractivity contribution is 5.88. The lowest BCUT2D eigenvalue weighted by atomic mass is 10.2. The van der Waals surface area contributed by atoms with Crippen molar-refractivity contribution in [1.82, 2.24) is 4.90 Å². The lowest BCUT2D eigenvalue weighted by Gasteiger charge is -2.25. The van der Waals surface area contributed by atoms with Crippen molar-refractivity contribution >= 4 is 18.0 Å². The number of cyclic esters (lactones) is 1. The van der Waals surface area contributed by atoms with Crippen LogP contribution in [0.1, 0.15) is 27.2 Å². The zero-order valence-electron chi connectivity index (χ0n) is 10.9. The van der Waals surface area contributed by atoms with E-state index in [0.29, 0.717) is 0 Å². The monoisotopic (exact) mass is 259 g/mol.